The van der Waals surface area contributed by atoms with Crippen molar-refractivity contribution in [2.24, 2.45) is 11.8 Å². The van der Waals surface area contributed by atoms with E-state index in [4.69, 9.17) is 0 Å². The minimum Gasteiger partial charge on any atom is -0.326 e. The molecule has 0 saturated heterocycles. The van der Waals surface area contributed by atoms with E-state index in [1.165, 1.54) is 11.1 Å². The monoisotopic (exact) mass is 484 g/mol. The van der Waals surface area contributed by atoms with Gasteiger partial charge < -0.3 is 10.6 Å². The van der Waals surface area contributed by atoms with Gasteiger partial charge in [0.25, 0.3) is 0 Å². The van der Waals surface area contributed by atoms with Crippen LogP contribution in [0.3, 0.4) is 0 Å². The van der Waals surface area contributed by atoms with E-state index in [0.29, 0.717) is 23.2 Å². The molecule has 0 spiro atoms. The number of amides is 2. The third-order valence-electron chi connectivity index (χ3n) is 6.45. The van der Waals surface area contributed by atoms with Gasteiger partial charge in [0.15, 0.2) is 0 Å². The Morgan fingerprint density at radius 2 is 0.833 bits per heavy atom. The molecule has 2 unspecified atom stereocenters. The average molecular weight is 485 g/mol. The van der Waals surface area contributed by atoms with Gasteiger partial charge in [-0.05, 0) is 85.0 Å². The molecular formula is C32H40N2O2. The maximum absolute atomic E-state index is 12.8. The van der Waals surface area contributed by atoms with Crippen LogP contribution in [0.25, 0.3) is 0 Å². The molecule has 190 valence electrons. The smallest absolute Gasteiger partial charge is 0.231 e. The van der Waals surface area contributed by atoms with Gasteiger partial charge in [-0.3, -0.25) is 9.59 Å². The van der Waals surface area contributed by atoms with Crippen LogP contribution in [0.5, 0.6) is 0 Å². The van der Waals surface area contributed by atoms with Crippen LogP contribution in [0.15, 0.2) is 72.8 Å². The molecule has 4 heteroatoms. The number of anilines is 2. The molecule has 4 nitrogen and oxygen atoms in total. The first-order valence-electron chi connectivity index (χ1n) is 13.0. The molecule has 0 aliphatic rings. The largest absolute Gasteiger partial charge is 0.326 e. The molecule has 0 saturated carbocycles. The second kappa shape index (κ2) is 12.5. The highest BCUT2D eigenvalue weighted by Crippen LogP contribution is 2.23. The maximum atomic E-state index is 12.8. The first-order valence-corrected chi connectivity index (χ1v) is 13.0. The zero-order chi connectivity index (χ0) is 26.2. The van der Waals surface area contributed by atoms with Gasteiger partial charge in [-0.1, -0.05) is 76.2 Å². The van der Waals surface area contributed by atoms with Crippen molar-refractivity contribution in [1.82, 2.24) is 0 Å². The lowest BCUT2D eigenvalue weighted by molar-refractivity contribution is -0.118. The highest BCUT2D eigenvalue weighted by Gasteiger charge is 2.17. The highest BCUT2D eigenvalue weighted by atomic mass is 16.2. The second-order valence-electron chi connectivity index (χ2n) is 10.7. The molecular weight excluding hydrogens is 444 g/mol. The molecule has 0 heterocycles. The quantitative estimate of drug-likeness (QED) is 0.312. The Kier molecular flexibility index (Phi) is 9.46. The molecule has 3 rings (SSSR count). The van der Waals surface area contributed by atoms with E-state index < -0.39 is 0 Å². The topological polar surface area (TPSA) is 58.2 Å². The number of carbonyl (C=O) groups excluding carboxylic acids is 2. The van der Waals surface area contributed by atoms with Crippen molar-refractivity contribution in [1.29, 1.82) is 0 Å². The summed E-state index contributed by atoms with van der Waals surface area (Å²) in [6.07, 6.45) is 2.07. The van der Waals surface area contributed by atoms with E-state index in [0.717, 1.165) is 24.0 Å². The van der Waals surface area contributed by atoms with E-state index >= 15 is 0 Å². The number of nitrogens with one attached hydrogen (secondary N) is 2. The molecule has 0 aliphatic heterocycles. The molecule has 0 aliphatic carbocycles. The van der Waals surface area contributed by atoms with Gasteiger partial charge in [-0.15, -0.1) is 0 Å². The Morgan fingerprint density at radius 1 is 0.528 bits per heavy atom. The molecule has 36 heavy (non-hydrogen) atoms. The third kappa shape index (κ3) is 7.81. The van der Waals surface area contributed by atoms with Gasteiger partial charge in [0.1, 0.15) is 0 Å². The lowest BCUT2D eigenvalue weighted by Crippen LogP contribution is -2.20. The summed E-state index contributed by atoms with van der Waals surface area (Å²) < 4.78 is 0. The van der Waals surface area contributed by atoms with Gasteiger partial charge in [0.05, 0.1) is 11.8 Å². The predicted molar refractivity (Wildman–Crippen MR) is 150 cm³/mol. The fourth-order valence-corrected chi connectivity index (χ4v) is 4.27. The average Bonchev–Trinajstić information content (AvgIpc) is 2.84. The number of rotatable bonds is 10. The van der Waals surface area contributed by atoms with Crippen molar-refractivity contribution in [3.05, 3.63) is 95.1 Å². The highest BCUT2D eigenvalue weighted by molar-refractivity contribution is 5.97. The molecule has 3 aromatic rings. The SMILES string of the molecule is CC(C)Cc1ccc(C(C)C(=O)Nc2ccc(NC(=O)C(C)c3ccc(CC(C)C)cc3)cc2)cc1. The standard InChI is InChI=1S/C32H40N2O2/c1-21(2)19-25-7-11-27(12-8-25)23(5)31(35)33-29-15-17-30(18-16-29)34-32(36)24(6)28-13-9-26(10-14-28)20-22(3)4/h7-18,21-24H,19-20H2,1-6H3,(H,33,35)(H,34,36). The number of benzene rings is 3. The predicted octanol–water partition coefficient (Wildman–Crippen LogP) is 7.57. The van der Waals surface area contributed by atoms with Crippen molar-refractivity contribution in [3.63, 3.8) is 0 Å². The fraction of sp³-hybridized carbons (Fsp3) is 0.375. The zero-order valence-corrected chi connectivity index (χ0v) is 22.5. The van der Waals surface area contributed by atoms with E-state index in [1.54, 1.807) is 0 Å². The second-order valence-corrected chi connectivity index (χ2v) is 10.7. The van der Waals surface area contributed by atoms with E-state index in [9.17, 15) is 9.59 Å². The summed E-state index contributed by atoms with van der Waals surface area (Å²) in [6, 6.07) is 23.9. The van der Waals surface area contributed by atoms with Crippen molar-refractivity contribution >= 4 is 23.2 Å². The van der Waals surface area contributed by atoms with Gasteiger partial charge >= 0.3 is 0 Å². The van der Waals surface area contributed by atoms with Crippen LogP contribution in [-0.4, -0.2) is 11.8 Å². The Hall–Kier alpha value is -3.40. The summed E-state index contributed by atoms with van der Waals surface area (Å²) >= 11 is 0. The molecule has 0 fully saturated rings. The van der Waals surface area contributed by atoms with Gasteiger partial charge in [0, 0.05) is 11.4 Å². The molecule has 0 bridgehead atoms. The maximum Gasteiger partial charge on any atom is 0.231 e. The number of hydrogen-bond acceptors (Lipinski definition) is 2. The first kappa shape index (κ1) is 27.2. The van der Waals surface area contributed by atoms with Crippen LogP contribution in [-0.2, 0) is 22.4 Å². The Balaban J connectivity index is 1.54. The molecule has 2 N–H and O–H groups in total. The van der Waals surface area contributed by atoms with E-state index in [2.05, 4.69) is 62.6 Å². The van der Waals surface area contributed by atoms with Crippen LogP contribution >= 0.6 is 0 Å². The minimum absolute atomic E-state index is 0.0575. The van der Waals surface area contributed by atoms with E-state index in [-0.39, 0.29) is 23.7 Å². The third-order valence-corrected chi connectivity index (χ3v) is 6.45. The minimum atomic E-state index is -0.259. The van der Waals surface area contributed by atoms with Gasteiger partial charge in [-0.2, -0.15) is 0 Å². The normalized spacial score (nSPS) is 12.9. The molecule has 2 atom stereocenters. The van der Waals surface area contributed by atoms with Gasteiger partial charge in [-0.25, -0.2) is 0 Å². The van der Waals surface area contributed by atoms with Crippen LogP contribution in [0, 0.1) is 11.8 Å². The summed E-state index contributed by atoms with van der Waals surface area (Å²) in [5, 5.41) is 5.97. The summed E-state index contributed by atoms with van der Waals surface area (Å²) in [7, 11) is 0. The molecule has 3 aromatic carbocycles. The summed E-state index contributed by atoms with van der Waals surface area (Å²) in [6.45, 7) is 12.6. The number of carbonyl (C=O) groups is 2. The lowest BCUT2D eigenvalue weighted by Gasteiger charge is -2.15. The Labute approximate surface area is 216 Å². The van der Waals surface area contributed by atoms with Crippen LogP contribution in [0.1, 0.15) is 75.6 Å². The van der Waals surface area contributed by atoms with Crippen molar-refractivity contribution in [2.45, 2.75) is 66.2 Å². The Morgan fingerprint density at radius 3 is 1.11 bits per heavy atom. The van der Waals surface area contributed by atoms with Gasteiger partial charge in [0.2, 0.25) is 11.8 Å². The first-order chi connectivity index (χ1) is 17.1. The van der Waals surface area contributed by atoms with E-state index in [1.807, 2.05) is 62.4 Å². The summed E-state index contributed by atoms with van der Waals surface area (Å²) in [5.74, 6) is 0.577. The number of hydrogen-bond donors (Lipinski definition) is 2. The fourth-order valence-electron chi connectivity index (χ4n) is 4.27. The van der Waals surface area contributed by atoms with Crippen LogP contribution < -0.4 is 10.6 Å². The molecule has 0 radical (unpaired) electrons. The van der Waals surface area contributed by atoms with Crippen LogP contribution in [0.2, 0.25) is 0 Å². The molecule has 2 amide bonds. The van der Waals surface area contributed by atoms with Crippen molar-refractivity contribution < 1.29 is 9.59 Å². The van der Waals surface area contributed by atoms with Crippen molar-refractivity contribution in [3.8, 4) is 0 Å². The Bertz CT molecular complexity index is 1040. The molecule has 0 aromatic heterocycles. The van der Waals surface area contributed by atoms with Crippen LogP contribution in [0.4, 0.5) is 11.4 Å². The zero-order valence-electron chi connectivity index (χ0n) is 22.5. The lowest BCUT2D eigenvalue weighted by atomic mass is 9.96. The summed E-state index contributed by atoms with van der Waals surface area (Å²) in [4.78, 5) is 25.6. The van der Waals surface area contributed by atoms with Crippen molar-refractivity contribution in [2.75, 3.05) is 10.6 Å². The summed E-state index contributed by atoms with van der Waals surface area (Å²) in [5.41, 5.74) is 5.98.